The second-order valence-corrected chi connectivity index (χ2v) is 6.12. The van der Waals surface area contributed by atoms with Crippen molar-refractivity contribution in [3.63, 3.8) is 0 Å². The Morgan fingerprint density at radius 1 is 1.20 bits per heavy atom. The molecule has 0 rings (SSSR count). The van der Waals surface area contributed by atoms with Crippen LogP contribution in [0.3, 0.4) is 0 Å². The highest BCUT2D eigenvalue weighted by Gasteiger charge is 2.13. The van der Waals surface area contributed by atoms with E-state index in [9.17, 15) is 4.79 Å². The number of carbonyl (C=O) groups is 1. The first kappa shape index (κ1) is 14.4. The van der Waals surface area contributed by atoms with Crippen molar-refractivity contribution in [1.82, 2.24) is 0 Å². The van der Waals surface area contributed by atoms with Crippen LogP contribution in [-0.4, -0.2) is 5.78 Å². The Morgan fingerprint density at radius 2 is 1.73 bits per heavy atom. The maximum atomic E-state index is 11.5. The first-order valence-corrected chi connectivity index (χ1v) is 5.89. The van der Waals surface area contributed by atoms with Gasteiger partial charge >= 0.3 is 0 Å². The average Bonchev–Trinajstić information content (AvgIpc) is 1.96. The molecule has 1 nitrogen and oxygen atoms in total. The second kappa shape index (κ2) is 6.09. The van der Waals surface area contributed by atoms with E-state index < -0.39 is 0 Å². The summed E-state index contributed by atoms with van der Waals surface area (Å²) in [5.41, 5.74) is 1.50. The van der Waals surface area contributed by atoms with Gasteiger partial charge in [0, 0.05) is 12.8 Å². The smallest absolute Gasteiger partial charge is 0.133 e. The molecule has 0 atom stereocenters. The lowest BCUT2D eigenvalue weighted by molar-refractivity contribution is -0.119. The summed E-state index contributed by atoms with van der Waals surface area (Å²) >= 11 is 0. The van der Waals surface area contributed by atoms with Crippen molar-refractivity contribution < 1.29 is 4.79 Å². The topological polar surface area (TPSA) is 17.1 Å². The third-order valence-corrected chi connectivity index (χ3v) is 2.17. The van der Waals surface area contributed by atoms with Crippen molar-refractivity contribution >= 4 is 5.78 Å². The lowest BCUT2D eigenvalue weighted by Crippen LogP contribution is -2.08. The standard InChI is InChI=1S/C14H26O/c1-11(2)9-13(15)8-7-12(3)10-14(4,5)6/h11H,3,7-10H2,1-2,4-6H3. The molecule has 88 valence electrons. The van der Waals surface area contributed by atoms with Crippen LogP contribution in [0.1, 0.15) is 60.3 Å². The van der Waals surface area contributed by atoms with Gasteiger partial charge in [-0.05, 0) is 24.2 Å². The summed E-state index contributed by atoms with van der Waals surface area (Å²) in [5, 5.41) is 0. The van der Waals surface area contributed by atoms with E-state index in [1.807, 2.05) is 0 Å². The molecule has 15 heavy (non-hydrogen) atoms. The van der Waals surface area contributed by atoms with Gasteiger partial charge in [-0.2, -0.15) is 0 Å². The fraction of sp³-hybridized carbons (Fsp3) is 0.786. The number of allylic oxidation sites excluding steroid dienone is 1. The van der Waals surface area contributed by atoms with Crippen LogP contribution in [0.15, 0.2) is 12.2 Å². The van der Waals surface area contributed by atoms with Crippen molar-refractivity contribution in [2.24, 2.45) is 11.3 Å². The highest BCUT2D eigenvalue weighted by molar-refractivity contribution is 5.78. The van der Waals surface area contributed by atoms with Crippen LogP contribution in [0.5, 0.6) is 0 Å². The molecule has 1 heteroatoms. The largest absolute Gasteiger partial charge is 0.300 e. The molecule has 0 heterocycles. The van der Waals surface area contributed by atoms with Gasteiger partial charge in [-0.25, -0.2) is 0 Å². The zero-order valence-corrected chi connectivity index (χ0v) is 11.0. The quantitative estimate of drug-likeness (QED) is 0.595. The summed E-state index contributed by atoms with van der Waals surface area (Å²) < 4.78 is 0. The second-order valence-electron chi connectivity index (χ2n) is 6.12. The lowest BCUT2D eigenvalue weighted by atomic mass is 9.86. The number of rotatable bonds is 6. The maximum absolute atomic E-state index is 11.5. The Labute approximate surface area is 95.0 Å². The summed E-state index contributed by atoms with van der Waals surface area (Å²) in [6, 6.07) is 0. The molecule has 0 aromatic heterocycles. The zero-order chi connectivity index (χ0) is 12.1. The highest BCUT2D eigenvalue weighted by Crippen LogP contribution is 2.25. The Kier molecular flexibility index (Phi) is 5.85. The Hall–Kier alpha value is -0.590. The molecular formula is C14H26O. The maximum Gasteiger partial charge on any atom is 0.133 e. The molecule has 0 aromatic carbocycles. The number of Topliss-reactive ketones (excluding diaryl/α,β-unsaturated/α-hetero) is 1. The van der Waals surface area contributed by atoms with Crippen LogP contribution >= 0.6 is 0 Å². The summed E-state index contributed by atoms with van der Waals surface area (Å²) in [6.07, 6.45) is 3.26. The minimum atomic E-state index is 0.290. The summed E-state index contributed by atoms with van der Waals surface area (Å²) in [7, 11) is 0. The fourth-order valence-electron chi connectivity index (χ4n) is 1.71. The van der Waals surface area contributed by atoms with Crippen molar-refractivity contribution in [3.05, 3.63) is 12.2 Å². The molecule has 0 fully saturated rings. The molecule has 0 N–H and O–H groups in total. The third-order valence-electron chi connectivity index (χ3n) is 2.17. The van der Waals surface area contributed by atoms with Crippen molar-refractivity contribution in [1.29, 1.82) is 0 Å². The Morgan fingerprint density at radius 3 is 2.13 bits per heavy atom. The molecule has 0 saturated carbocycles. The number of hydrogen-bond donors (Lipinski definition) is 0. The fourth-order valence-corrected chi connectivity index (χ4v) is 1.71. The first-order chi connectivity index (χ1) is 6.70. The molecule has 0 radical (unpaired) electrons. The predicted octanol–water partition coefficient (Wildman–Crippen LogP) is 4.37. The molecule has 0 spiro atoms. The van der Waals surface area contributed by atoms with Gasteiger partial charge in [-0.15, -0.1) is 0 Å². The van der Waals surface area contributed by atoms with E-state index in [0.717, 1.165) is 12.8 Å². The SMILES string of the molecule is C=C(CCC(=O)CC(C)C)CC(C)(C)C. The number of ketones is 1. The van der Waals surface area contributed by atoms with E-state index in [-0.39, 0.29) is 5.41 Å². The van der Waals surface area contributed by atoms with Gasteiger partial charge in [-0.3, -0.25) is 4.79 Å². The molecule has 0 aliphatic rings. The average molecular weight is 210 g/mol. The number of hydrogen-bond acceptors (Lipinski definition) is 1. The van der Waals surface area contributed by atoms with Crippen LogP contribution in [0.2, 0.25) is 0 Å². The van der Waals surface area contributed by atoms with E-state index in [1.165, 1.54) is 5.57 Å². The third kappa shape index (κ3) is 9.71. The van der Waals surface area contributed by atoms with Crippen molar-refractivity contribution in [3.8, 4) is 0 Å². The predicted molar refractivity (Wildman–Crippen MR) is 66.9 cm³/mol. The van der Waals surface area contributed by atoms with E-state index >= 15 is 0 Å². The molecule has 0 aromatic rings. The van der Waals surface area contributed by atoms with Gasteiger partial charge in [0.05, 0.1) is 0 Å². The molecule has 0 saturated heterocycles. The Bertz CT molecular complexity index is 218. The molecule has 0 amide bonds. The summed E-state index contributed by atoms with van der Waals surface area (Å²) in [4.78, 5) is 11.5. The summed E-state index contributed by atoms with van der Waals surface area (Å²) in [6.45, 7) is 14.8. The number of carbonyl (C=O) groups excluding carboxylic acids is 1. The van der Waals surface area contributed by atoms with Gasteiger partial charge in [0.25, 0.3) is 0 Å². The van der Waals surface area contributed by atoms with E-state index in [1.54, 1.807) is 0 Å². The van der Waals surface area contributed by atoms with Crippen LogP contribution in [0.25, 0.3) is 0 Å². The van der Waals surface area contributed by atoms with Crippen LogP contribution in [-0.2, 0) is 4.79 Å². The molecule has 0 aliphatic heterocycles. The first-order valence-electron chi connectivity index (χ1n) is 5.89. The molecule has 0 unspecified atom stereocenters. The van der Waals surface area contributed by atoms with Crippen LogP contribution < -0.4 is 0 Å². The van der Waals surface area contributed by atoms with Gasteiger partial charge in [0.1, 0.15) is 5.78 Å². The van der Waals surface area contributed by atoms with Crippen molar-refractivity contribution in [2.45, 2.75) is 60.3 Å². The molecular weight excluding hydrogens is 184 g/mol. The van der Waals surface area contributed by atoms with Gasteiger partial charge in [0.2, 0.25) is 0 Å². The molecule has 0 bridgehead atoms. The normalized spacial score (nSPS) is 11.9. The zero-order valence-electron chi connectivity index (χ0n) is 11.0. The van der Waals surface area contributed by atoms with Gasteiger partial charge in [-0.1, -0.05) is 46.8 Å². The minimum absolute atomic E-state index is 0.290. The van der Waals surface area contributed by atoms with Crippen LogP contribution in [0, 0.1) is 11.3 Å². The highest BCUT2D eigenvalue weighted by atomic mass is 16.1. The van der Waals surface area contributed by atoms with E-state index in [4.69, 9.17) is 0 Å². The van der Waals surface area contributed by atoms with Crippen LogP contribution in [0.4, 0.5) is 0 Å². The van der Waals surface area contributed by atoms with E-state index in [0.29, 0.717) is 24.5 Å². The van der Waals surface area contributed by atoms with Gasteiger partial charge < -0.3 is 0 Å². The lowest BCUT2D eigenvalue weighted by Gasteiger charge is -2.19. The summed E-state index contributed by atoms with van der Waals surface area (Å²) in [5.74, 6) is 0.855. The van der Waals surface area contributed by atoms with E-state index in [2.05, 4.69) is 41.2 Å². The van der Waals surface area contributed by atoms with Crippen molar-refractivity contribution in [2.75, 3.05) is 0 Å². The monoisotopic (exact) mass is 210 g/mol. The Balaban J connectivity index is 3.77. The minimum Gasteiger partial charge on any atom is -0.300 e. The molecule has 0 aliphatic carbocycles. The van der Waals surface area contributed by atoms with Gasteiger partial charge in [0.15, 0.2) is 0 Å².